The predicted octanol–water partition coefficient (Wildman–Crippen LogP) is 3.31. The van der Waals surface area contributed by atoms with Crippen LogP contribution in [0.5, 0.6) is 11.5 Å². The lowest BCUT2D eigenvalue weighted by Gasteiger charge is -2.24. The van der Waals surface area contributed by atoms with E-state index < -0.39 is 0 Å². The van der Waals surface area contributed by atoms with Crippen molar-refractivity contribution in [2.45, 2.75) is 31.9 Å². The third-order valence-electron chi connectivity index (χ3n) is 3.82. The monoisotopic (exact) mass is 269 g/mol. The molecule has 3 nitrogen and oxygen atoms in total. The third kappa shape index (κ3) is 2.63. The van der Waals surface area contributed by atoms with Crippen molar-refractivity contribution < 1.29 is 9.84 Å². The molecule has 3 N–H and O–H groups in total. The molecule has 2 aromatic carbocycles. The number of fused-ring (bicyclic) bond motifs is 1. The van der Waals surface area contributed by atoms with Gasteiger partial charge in [-0.05, 0) is 54.2 Å². The first kappa shape index (κ1) is 13.0. The second-order valence-corrected chi connectivity index (χ2v) is 5.28. The predicted molar refractivity (Wildman–Crippen MR) is 78.7 cm³/mol. The lowest BCUT2D eigenvalue weighted by atomic mass is 9.87. The molecule has 0 heterocycles. The number of hydrogen-bond acceptors (Lipinski definition) is 3. The van der Waals surface area contributed by atoms with Crippen molar-refractivity contribution in [3.8, 4) is 11.5 Å². The van der Waals surface area contributed by atoms with Gasteiger partial charge in [0, 0.05) is 6.04 Å². The van der Waals surface area contributed by atoms with Crippen molar-refractivity contribution in [3.05, 3.63) is 59.2 Å². The zero-order chi connectivity index (χ0) is 13.9. The van der Waals surface area contributed by atoms with E-state index in [0.717, 1.165) is 30.6 Å². The van der Waals surface area contributed by atoms with Crippen LogP contribution in [0.1, 0.15) is 35.6 Å². The number of benzene rings is 2. The fourth-order valence-corrected chi connectivity index (χ4v) is 2.79. The van der Waals surface area contributed by atoms with E-state index in [2.05, 4.69) is 6.07 Å². The van der Waals surface area contributed by atoms with Gasteiger partial charge in [0.2, 0.25) is 0 Å². The van der Waals surface area contributed by atoms with Gasteiger partial charge in [-0.2, -0.15) is 0 Å². The number of hydrogen-bond donors (Lipinski definition) is 2. The second-order valence-electron chi connectivity index (χ2n) is 5.28. The molecule has 0 amide bonds. The number of rotatable bonds is 3. The summed E-state index contributed by atoms with van der Waals surface area (Å²) in [5.41, 5.74) is 9.57. The summed E-state index contributed by atoms with van der Waals surface area (Å²) in [5.74, 6) is 1.18. The van der Waals surface area contributed by atoms with Crippen LogP contribution in [0.4, 0.5) is 0 Å². The zero-order valence-electron chi connectivity index (χ0n) is 11.4. The molecule has 20 heavy (non-hydrogen) atoms. The van der Waals surface area contributed by atoms with E-state index in [1.807, 2.05) is 24.3 Å². The summed E-state index contributed by atoms with van der Waals surface area (Å²) in [5, 5.41) is 9.46. The number of phenolic OH excluding ortho intramolecular Hbond substituents is 1. The number of nitrogens with two attached hydrogens (primary N) is 1. The first-order valence-corrected chi connectivity index (χ1v) is 7.02. The molecule has 1 atom stereocenters. The van der Waals surface area contributed by atoms with E-state index in [1.54, 1.807) is 12.1 Å². The van der Waals surface area contributed by atoms with Crippen molar-refractivity contribution in [3.63, 3.8) is 0 Å². The Morgan fingerprint density at radius 1 is 1.20 bits per heavy atom. The Bertz CT molecular complexity index is 610. The first-order valence-electron chi connectivity index (χ1n) is 7.02. The lowest BCUT2D eigenvalue weighted by Crippen LogP contribution is -2.18. The molecule has 0 aromatic heterocycles. The summed E-state index contributed by atoms with van der Waals surface area (Å²) >= 11 is 0. The molecule has 0 saturated heterocycles. The molecule has 0 fully saturated rings. The van der Waals surface area contributed by atoms with Crippen molar-refractivity contribution >= 4 is 0 Å². The summed E-state index contributed by atoms with van der Waals surface area (Å²) in [6.07, 6.45) is 3.18. The molecular weight excluding hydrogens is 250 g/mol. The minimum Gasteiger partial charge on any atom is -0.508 e. The van der Waals surface area contributed by atoms with Gasteiger partial charge >= 0.3 is 0 Å². The minimum atomic E-state index is 0.128. The van der Waals surface area contributed by atoms with Crippen LogP contribution in [-0.4, -0.2) is 5.11 Å². The SMILES string of the molecule is NC1CCCc2c(OCc3cccc(O)c3)cccc21. The van der Waals surface area contributed by atoms with E-state index in [0.29, 0.717) is 6.61 Å². The summed E-state index contributed by atoms with van der Waals surface area (Å²) in [7, 11) is 0. The van der Waals surface area contributed by atoms with Crippen LogP contribution in [0.25, 0.3) is 0 Å². The molecular formula is C17H19NO2. The molecule has 1 unspecified atom stereocenters. The highest BCUT2D eigenvalue weighted by Gasteiger charge is 2.19. The van der Waals surface area contributed by atoms with E-state index in [1.165, 1.54) is 11.1 Å². The second kappa shape index (κ2) is 5.55. The summed E-state index contributed by atoms with van der Waals surface area (Å²) in [6, 6.07) is 13.4. The summed E-state index contributed by atoms with van der Waals surface area (Å²) < 4.78 is 5.93. The maximum absolute atomic E-state index is 9.46. The zero-order valence-corrected chi connectivity index (χ0v) is 11.4. The fraction of sp³-hybridized carbons (Fsp3) is 0.294. The van der Waals surface area contributed by atoms with Crippen LogP contribution in [0.3, 0.4) is 0 Å². The molecule has 3 heteroatoms. The quantitative estimate of drug-likeness (QED) is 0.898. The maximum atomic E-state index is 9.46. The minimum absolute atomic E-state index is 0.128. The molecule has 104 valence electrons. The lowest BCUT2D eigenvalue weighted by molar-refractivity contribution is 0.300. The molecule has 0 bridgehead atoms. The van der Waals surface area contributed by atoms with Crippen LogP contribution >= 0.6 is 0 Å². The Labute approximate surface area is 119 Å². The topological polar surface area (TPSA) is 55.5 Å². The summed E-state index contributed by atoms with van der Waals surface area (Å²) in [4.78, 5) is 0. The molecule has 0 spiro atoms. The van der Waals surface area contributed by atoms with Gasteiger partial charge in [0.05, 0.1) is 0 Å². The van der Waals surface area contributed by atoms with Gasteiger partial charge in [0.15, 0.2) is 0 Å². The van der Waals surface area contributed by atoms with Crippen LogP contribution < -0.4 is 10.5 Å². The third-order valence-corrected chi connectivity index (χ3v) is 3.82. The van der Waals surface area contributed by atoms with Gasteiger partial charge in [0.25, 0.3) is 0 Å². The molecule has 1 aliphatic carbocycles. The van der Waals surface area contributed by atoms with Gasteiger partial charge in [-0.3, -0.25) is 0 Å². The van der Waals surface area contributed by atoms with Gasteiger partial charge < -0.3 is 15.6 Å². The standard InChI is InChI=1S/C17H19NO2/c18-16-8-2-7-15-14(16)6-3-9-17(15)20-11-12-4-1-5-13(19)10-12/h1,3-6,9-10,16,19H,2,7-8,11,18H2. The number of aromatic hydroxyl groups is 1. The Morgan fingerprint density at radius 3 is 2.90 bits per heavy atom. The van der Waals surface area contributed by atoms with Crippen LogP contribution in [0.2, 0.25) is 0 Å². The van der Waals surface area contributed by atoms with Crippen molar-refractivity contribution in [2.24, 2.45) is 5.73 Å². The van der Waals surface area contributed by atoms with E-state index >= 15 is 0 Å². The highest BCUT2D eigenvalue weighted by atomic mass is 16.5. The molecule has 2 aromatic rings. The van der Waals surface area contributed by atoms with Crippen molar-refractivity contribution in [1.82, 2.24) is 0 Å². The molecule has 0 radical (unpaired) electrons. The number of phenols is 1. The van der Waals surface area contributed by atoms with Crippen molar-refractivity contribution in [2.75, 3.05) is 0 Å². The van der Waals surface area contributed by atoms with E-state index in [-0.39, 0.29) is 11.8 Å². The van der Waals surface area contributed by atoms with Gasteiger partial charge in [-0.15, -0.1) is 0 Å². The van der Waals surface area contributed by atoms with Crippen LogP contribution in [0.15, 0.2) is 42.5 Å². The highest BCUT2D eigenvalue weighted by molar-refractivity contribution is 5.43. The normalized spacial score (nSPS) is 17.6. The Morgan fingerprint density at radius 2 is 2.05 bits per heavy atom. The molecule has 0 aliphatic heterocycles. The smallest absolute Gasteiger partial charge is 0.123 e. The van der Waals surface area contributed by atoms with E-state index in [4.69, 9.17) is 10.5 Å². The van der Waals surface area contributed by atoms with Crippen molar-refractivity contribution in [1.29, 1.82) is 0 Å². The maximum Gasteiger partial charge on any atom is 0.123 e. The largest absolute Gasteiger partial charge is 0.508 e. The Kier molecular flexibility index (Phi) is 3.61. The molecule has 3 rings (SSSR count). The molecule has 1 aliphatic rings. The number of ether oxygens (including phenoxy) is 1. The average Bonchev–Trinajstić information content (AvgIpc) is 2.46. The average molecular weight is 269 g/mol. The van der Waals surface area contributed by atoms with Gasteiger partial charge in [-0.25, -0.2) is 0 Å². The van der Waals surface area contributed by atoms with Crippen LogP contribution in [-0.2, 0) is 13.0 Å². The van der Waals surface area contributed by atoms with E-state index in [9.17, 15) is 5.11 Å². The Balaban J connectivity index is 1.80. The highest BCUT2D eigenvalue weighted by Crippen LogP contribution is 2.34. The summed E-state index contributed by atoms with van der Waals surface area (Å²) in [6.45, 7) is 0.458. The first-order chi connectivity index (χ1) is 9.74. The fourth-order valence-electron chi connectivity index (χ4n) is 2.79. The Hall–Kier alpha value is -2.00. The van der Waals surface area contributed by atoms with Gasteiger partial charge in [-0.1, -0.05) is 24.3 Å². The van der Waals surface area contributed by atoms with Crippen LogP contribution in [0, 0.1) is 0 Å². The van der Waals surface area contributed by atoms with Gasteiger partial charge in [0.1, 0.15) is 18.1 Å². The molecule has 0 saturated carbocycles.